The quantitative estimate of drug-likeness (QED) is 0.929. The molecular formula is C17H23NO3. The van der Waals surface area contributed by atoms with Gasteiger partial charge in [0.1, 0.15) is 5.54 Å². The number of ether oxygens (including phenoxy) is 1. The van der Waals surface area contributed by atoms with Crippen molar-refractivity contribution in [3.63, 3.8) is 0 Å². The monoisotopic (exact) mass is 289 g/mol. The summed E-state index contributed by atoms with van der Waals surface area (Å²) in [6.45, 7) is 2.71. The minimum atomic E-state index is -0.761. The maximum atomic E-state index is 12.3. The van der Waals surface area contributed by atoms with Crippen molar-refractivity contribution in [2.45, 2.75) is 37.1 Å². The Labute approximate surface area is 125 Å². The summed E-state index contributed by atoms with van der Waals surface area (Å²) in [6, 6.07) is 10.2. The van der Waals surface area contributed by atoms with E-state index in [1.54, 1.807) is 0 Å². The van der Waals surface area contributed by atoms with Crippen molar-refractivity contribution >= 4 is 5.97 Å². The van der Waals surface area contributed by atoms with Crippen LogP contribution in [0.2, 0.25) is 0 Å². The normalized spacial score (nSPS) is 31.0. The van der Waals surface area contributed by atoms with Crippen LogP contribution in [0.1, 0.15) is 37.2 Å². The Hall–Kier alpha value is -1.39. The molecule has 1 aromatic carbocycles. The smallest absolute Gasteiger partial charge is 0.324 e. The van der Waals surface area contributed by atoms with Gasteiger partial charge >= 0.3 is 5.97 Å². The van der Waals surface area contributed by atoms with E-state index < -0.39 is 11.5 Å². The summed E-state index contributed by atoms with van der Waals surface area (Å²) in [5.74, 6) is -0.596. The summed E-state index contributed by atoms with van der Waals surface area (Å²) in [4.78, 5) is 14.4. The van der Waals surface area contributed by atoms with Crippen molar-refractivity contribution in [3.05, 3.63) is 35.9 Å². The Balaban J connectivity index is 2.00. The number of morpholine rings is 1. The molecule has 1 aliphatic heterocycles. The fourth-order valence-corrected chi connectivity index (χ4v) is 4.02. The molecule has 2 fully saturated rings. The molecule has 0 aromatic heterocycles. The third-order valence-corrected chi connectivity index (χ3v) is 5.02. The molecule has 0 spiro atoms. The van der Waals surface area contributed by atoms with Crippen LogP contribution in [0.25, 0.3) is 0 Å². The highest BCUT2D eigenvalue weighted by atomic mass is 16.5. The molecule has 1 saturated carbocycles. The van der Waals surface area contributed by atoms with E-state index in [0.717, 1.165) is 44.3 Å². The van der Waals surface area contributed by atoms with E-state index in [-0.39, 0.29) is 5.92 Å². The highest BCUT2D eigenvalue weighted by Crippen LogP contribution is 2.45. The summed E-state index contributed by atoms with van der Waals surface area (Å²) in [5.41, 5.74) is 0.398. The van der Waals surface area contributed by atoms with E-state index in [1.165, 1.54) is 0 Å². The van der Waals surface area contributed by atoms with E-state index in [9.17, 15) is 9.90 Å². The molecule has 0 bridgehead atoms. The zero-order chi connectivity index (χ0) is 14.7. The Morgan fingerprint density at radius 2 is 1.90 bits per heavy atom. The second-order valence-electron chi connectivity index (χ2n) is 6.04. The SMILES string of the molecule is O=C(O)C1(N2CCOCC2)CCCCC1c1ccccc1. The van der Waals surface area contributed by atoms with Crippen molar-refractivity contribution in [2.75, 3.05) is 26.3 Å². The Bertz CT molecular complexity index is 484. The maximum absolute atomic E-state index is 12.3. The predicted molar refractivity (Wildman–Crippen MR) is 80.4 cm³/mol. The Morgan fingerprint density at radius 3 is 2.57 bits per heavy atom. The first-order chi connectivity index (χ1) is 10.2. The number of benzene rings is 1. The van der Waals surface area contributed by atoms with E-state index in [2.05, 4.69) is 17.0 Å². The van der Waals surface area contributed by atoms with Crippen LogP contribution in [0.4, 0.5) is 0 Å². The molecule has 21 heavy (non-hydrogen) atoms. The molecule has 4 heteroatoms. The van der Waals surface area contributed by atoms with Crippen LogP contribution in [0.15, 0.2) is 30.3 Å². The summed E-state index contributed by atoms with van der Waals surface area (Å²) in [7, 11) is 0. The number of hydrogen-bond donors (Lipinski definition) is 1. The first-order valence-corrected chi connectivity index (χ1v) is 7.86. The standard InChI is InChI=1S/C17H23NO3/c19-16(20)17(18-10-12-21-13-11-18)9-5-4-8-15(17)14-6-2-1-3-7-14/h1-3,6-7,15H,4-5,8-13H2,(H,19,20). The van der Waals surface area contributed by atoms with Crippen molar-refractivity contribution < 1.29 is 14.6 Å². The second-order valence-corrected chi connectivity index (χ2v) is 6.04. The maximum Gasteiger partial charge on any atom is 0.324 e. The van der Waals surface area contributed by atoms with E-state index >= 15 is 0 Å². The van der Waals surface area contributed by atoms with Crippen molar-refractivity contribution in [1.82, 2.24) is 4.90 Å². The molecule has 1 aromatic rings. The number of aliphatic carboxylic acids is 1. The van der Waals surface area contributed by atoms with Crippen LogP contribution >= 0.6 is 0 Å². The van der Waals surface area contributed by atoms with Gasteiger partial charge in [0, 0.05) is 19.0 Å². The molecule has 2 atom stereocenters. The first kappa shape index (κ1) is 14.5. The van der Waals surface area contributed by atoms with Crippen LogP contribution in [-0.2, 0) is 9.53 Å². The molecular weight excluding hydrogens is 266 g/mol. The second kappa shape index (κ2) is 6.16. The third-order valence-electron chi connectivity index (χ3n) is 5.02. The zero-order valence-electron chi connectivity index (χ0n) is 12.3. The molecule has 2 unspecified atom stereocenters. The van der Waals surface area contributed by atoms with Gasteiger partial charge in [0.05, 0.1) is 13.2 Å². The molecule has 1 N–H and O–H groups in total. The van der Waals surface area contributed by atoms with Gasteiger partial charge in [0.15, 0.2) is 0 Å². The largest absolute Gasteiger partial charge is 0.480 e. The average Bonchev–Trinajstić information content (AvgIpc) is 2.56. The zero-order valence-corrected chi connectivity index (χ0v) is 12.3. The number of hydrogen-bond acceptors (Lipinski definition) is 3. The lowest BCUT2D eigenvalue weighted by molar-refractivity contribution is -0.160. The molecule has 2 aliphatic rings. The van der Waals surface area contributed by atoms with Gasteiger partial charge in [-0.15, -0.1) is 0 Å². The lowest BCUT2D eigenvalue weighted by Crippen LogP contribution is -2.62. The molecule has 1 heterocycles. The van der Waals surface area contributed by atoms with Gasteiger partial charge in [0.2, 0.25) is 0 Å². The van der Waals surface area contributed by atoms with Crippen molar-refractivity contribution in [1.29, 1.82) is 0 Å². The topological polar surface area (TPSA) is 49.8 Å². The van der Waals surface area contributed by atoms with Crippen LogP contribution in [0.5, 0.6) is 0 Å². The average molecular weight is 289 g/mol. The van der Waals surface area contributed by atoms with Gasteiger partial charge in [-0.05, 0) is 18.4 Å². The summed E-state index contributed by atoms with van der Waals surface area (Å²) in [6.07, 6.45) is 3.79. The Morgan fingerprint density at radius 1 is 1.19 bits per heavy atom. The fraction of sp³-hybridized carbons (Fsp3) is 0.588. The first-order valence-electron chi connectivity index (χ1n) is 7.86. The van der Waals surface area contributed by atoms with Gasteiger partial charge in [-0.2, -0.15) is 0 Å². The minimum Gasteiger partial charge on any atom is -0.480 e. The van der Waals surface area contributed by atoms with Crippen molar-refractivity contribution in [3.8, 4) is 0 Å². The van der Waals surface area contributed by atoms with Crippen LogP contribution < -0.4 is 0 Å². The summed E-state index contributed by atoms with van der Waals surface area (Å²) < 4.78 is 5.42. The molecule has 114 valence electrons. The Kier molecular flexibility index (Phi) is 4.27. The highest BCUT2D eigenvalue weighted by Gasteiger charge is 2.52. The molecule has 1 aliphatic carbocycles. The van der Waals surface area contributed by atoms with Crippen LogP contribution in [0, 0.1) is 0 Å². The number of rotatable bonds is 3. The molecule has 0 amide bonds. The molecule has 3 rings (SSSR count). The van der Waals surface area contributed by atoms with Gasteiger partial charge in [-0.3, -0.25) is 9.69 Å². The van der Waals surface area contributed by atoms with Crippen LogP contribution in [0.3, 0.4) is 0 Å². The van der Waals surface area contributed by atoms with Gasteiger partial charge in [-0.1, -0.05) is 43.2 Å². The highest BCUT2D eigenvalue weighted by molar-refractivity contribution is 5.80. The summed E-state index contributed by atoms with van der Waals surface area (Å²) >= 11 is 0. The lowest BCUT2D eigenvalue weighted by Gasteiger charge is -2.49. The van der Waals surface area contributed by atoms with Gasteiger partial charge in [0.25, 0.3) is 0 Å². The molecule has 0 radical (unpaired) electrons. The van der Waals surface area contributed by atoms with Crippen molar-refractivity contribution in [2.24, 2.45) is 0 Å². The third kappa shape index (κ3) is 2.58. The summed E-state index contributed by atoms with van der Waals surface area (Å²) in [5, 5.41) is 10.1. The van der Waals surface area contributed by atoms with E-state index in [1.807, 2.05) is 18.2 Å². The number of nitrogens with zero attached hydrogens (tertiary/aromatic N) is 1. The lowest BCUT2D eigenvalue weighted by atomic mass is 9.68. The predicted octanol–water partition coefficient (Wildman–Crippen LogP) is 2.50. The minimum absolute atomic E-state index is 0.0723. The molecule has 1 saturated heterocycles. The number of carboxylic acid groups (broad SMARTS) is 1. The van der Waals surface area contributed by atoms with E-state index in [0.29, 0.717) is 13.2 Å². The van der Waals surface area contributed by atoms with E-state index in [4.69, 9.17) is 4.74 Å². The fourth-order valence-electron chi connectivity index (χ4n) is 4.02. The van der Waals surface area contributed by atoms with Crippen LogP contribution in [-0.4, -0.2) is 47.8 Å². The van der Waals surface area contributed by atoms with Gasteiger partial charge in [-0.25, -0.2) is 0 Å². The number of carbonyl (C=O) groups is 1. The van der Waals surface area contributed by atoms with Gasteiger partial charge < -0.3 is 9.84 Å². The molecule has 4 nitrogen and oxygen atoms in total. The number of carboxylic acids is 1.